The molecule has 3 heterocycles. The maximum Gasteiger partial charge on any atom is 0.277 e. The minimum absolute atomic E-state index is 0.0532. The van der Waals surface area contributed by atoms with Gasteiger partial charge in [-0.3, -0.25) is 4.79 Å². The Kier molecular flexibility index (Phi) is 9.13. The molecule has 0 amide bonds. The van der Waals surface area contributed by atoms with E-state index in [1.165, 1.54) is 23.3 Å². The minimum Gasteiger partial charge on any atom is -0.316 e. The van der Waals surface area contributed by atoms with Crippen molar-refractivity contribution in [3.8, 4) is 22.5 Å². The van der Waals surface area contributed by atoms with Crippen molar-refractivity contribution in [1.29, 1.82) is 0 Å². The highest BCUT2D eigenvalue weighted by atomic mass is 19.1. The summed E-state index contributed by atoms with van der Waals surface area (Å²) < 4.78 is 19.8. The van der Waals surface area contributed by atoms with E-state index in [4.69, 9.17) is 15.3 Å². The average molecular weight is 774 g/mol. The lowest BCUT2D eigenvalue weighted by atomic mass is 9.77. The van der Waals surface area contributed by atoms with Gasteiger partial charge in [0.15, 0.2) is 5.82 Å². The maximum atomic E-state index is 14.2. The Bertz CT molecular complexity index is 2910. The Morgan fingerprint density at radius 3 is 2.05 bits per heavy atom. The van der Waals surface area contributed by atoms with Crippen LogP contribution in [-0.4, -0.2) is 34.3 Å². The second-order valence-corrected chi connectivity index (χ2v) is 15.1. The van der Waals surface area contributed by atoms with E-state index in [-0.39, 0.29) is 24.0 Å². The van der Waals surface area contributed by atoms with Crippen LogP contribution in [0.1, 0.15) is 58.6 Å². The van der Waals surface area contributed by atoms with E-state index in [0.717, 1.165) is 57.6 Å². The molecule has 1 aliphatic rings. The van der Waals surface area contributed by atoms with E-state index in [1.807, 2.05) is 41.1 Å². The Balaban J connectivity index is 1.08. The summed E-state index contributed by atoms with van der Waals surface area (Å²) in [5.74, 6) is 1.19. The molecular formula is C50H40FN7O. The van der Waals surface area contributed by atoms with Gasteiger partial charge >= 0.3 is 0 Å². The Morgan fingerprint density at radius 1 is 0.729 bits per heavy atom. The summed E-state index contributed by atoms with van der Waals surface area (Å²) >= 11 is 0. The number of hydrogen-bond acceptors (Lipinski definition) is 5. The number of aryl methyl sites for hydroxylation is 2. The smallest absolute Gasteiger partial charge is 0.277 e. The molecule has 0 N–H and O–H groups in total. The van der Waals surface area contributed by atoms with Gasteiger partial charge in [0.25, 0.3) is 5.56 Å². The number of fused-ring (bicyclic) bond motifs is 2. The molecule has 0 spiro atoms. The highest BCUT2D eigenvalue weighted by molar-refractivity contribution is 5.82. The molecule has 10 rings (SSSR count). The van der Waals surface area contributed by atoms with Gasteiger partial charge in [0.2, 0.25) is 0 Å². The predicted octanol–water partition coefficient (Wildman–Crippen LogP) is 9.64. The third-order valence-corrected chi connectivity index (χ3v) is 11.8. The number of aromatic nitrogens is 7. The summed E-state index contributed by atoms with van der Waals surface area (Å²) in [6, 6.07) is 54.5. The number of pyridine rings is 1. The second-order valence-electron chi connectivity index (χ2n) is 15.1. The third kappa shape index (κ3) is 6.09. The molecule has 0 saturated heterocycles. The lowest BCUT2D eigenvalue weighted by Gasteiger charge is -2.36. The molecule has 0 aliphatic heterocycles. The average Bonchev–Trinajstić information content (AvgIpc) is 4.04. The van der Waals surface area contributed by atoms with Crippen LogP contribution in [0.15, 0.2) is 175 Å². The number of imidazole rings is 1. The van der Waals surface area contributed by atoms with E-state index in [2.05, 4.69) is 126 Å². The molecule has 288 valence electrons. The van der Waals surface area contributed by atoms with Gasteiger partial charge in [0.1, 0.15) is 22.7 Å². The SMILES string of the molecule is CCc1nc2ccn(Cc3cccc(F)c3)c(=O)c2n1[C@H]1CCc2cc(-c3ccccc3-c3nnnn3C(c3ccccc3)(c3ccccc3)c3ccccc3)ccc21. The molecule has 9 aromatic rings. The molecule has 3 aromatic heterocycles. The van der Waals surface area contributed by atoms with Crippen molar-refractivity contribution >= 4 is 11.0 Å². The number of halogens is 1. The molecule has 6 aromatic carbocycles. The van der Waals surface area contributed by atoms with Gasteiger partial charge in [0, 0.05) is 18.2 Å². The van der Waals surface area contributed by atoms with Crippen molar-refractivity contribution in [3.05, 3.63) is 225 Å². The van der Waals surface area contributed by atoms with Gasteiger partial charge in [-0.1, -0.05) is 153 Å². The van der Waals surface area contributed by atoms with E-state index < -0.39 is 5.54 Å². The molecule has 9 heteroatoms. The highest BCUT2D eigenvalue weighted by Crippen LogP contribution is 2.44. The van der Waals surface area contributed by atoms with E-state index >= 15 is 0 Å². The van der Waals surface area contributed by atoms with Crippen molar-refractivity contribution < 1.29 is 4.39 Å². The van der Waals surface area contributed by atoms with Crippen molar-refractivity contribution in [3.63, 3.8) is 0 Å². The van der Waals surface area contributed by atoms with E-state index in [9.17, 15) is 9.18 Å². The summed E-state index contributed by atoms with van der Waals surface area (Å²) in [4.78, 5) is 19.1. The quantitative estimate of drug-likeness (QED) is 0.129. The normalized spacial score (nSPS) is 13.8. The molecule has 1 aliphatic carbocycles. The number of benzene rings is 6. The first-order valence-corrected chi connectivity index (χ1v) is 20.1. The van der Waals surface area contributed by atoms with Crippen LogP contribution in [0.4, 0.5) is 4.39 Å². The first-order valence-electron chi connectivity index (χ1n) is 20.1. The fourth-order valence-corrected chi connectivity index (χ4v) is 9.18. The lowest BCUT2D eigenvalue weighted by Crippen LogP contribution is -2.39. The first kappa shape index (κ1) is 36.1. The van der Waals surface area contributed by atoms with Crippen LogP contribution in [0.25, 0.3) is 33.5 Å². The molecule has 0 radical (unpaired) electrons. The van der Waals surface area contributed by atoms with Gasteiger partial charge < -0.3 is 9.13 Å². The highest BCUT2D eigenvalue weighted by Gasteiger charge is 2.42. The molecule has 59 heavy (non-hydrogen) atoms. The van der Waals surface area contributed by atoms with Crippen LogP contribution in [0.5, 0.6) is 0 Å². The summed E-state index contributed by atoms with van der Waals surface area (Å²) in [6.07, 6.45) is 4.13. The lowest BCUT2D eigenvalue weighted by molar-refractivity contribution is 0.451. The number of tetrazole rings is 1. The Hall–Kier alpha value is -7.26. The number of rotatable bonds is 10. The zero-order chi connectivity index (χ0) is 39.9. The molecule has 0 unspecified atom stereocenters. The molecule has 0 bridgehead atoms. The van der Waals surface area contributed by atoms with Crippen molar-refractivity contribution in [1.82, 2.24) is 34.3 Å². The molecular weight excluding hydrogens is 734 g/mol. The molecule has 0 saturated carbocycles. The fraction of sp³-hybridized carbons (Fsp3) is 0.140. The van der Waals surface area contributed by atoms with Crippen LogP contribution >= 0.6 is 0 Å². The van der Waals surface area contributed by atoms with E-state index in [0.29, 0.717) is 23.3 Å². The largest absolute Gasteiger partial charge is 0.316 e. The van der Waals surface area contributed by atoms with Crippen LogP contribution in [0, 0.1) is 5.82 Å². The van der Waals surface area contributed by atoms with Crippen LogP contribution in [0.3, 0.4) is 0 Å². The van der Waals surface area contributed by atoms with Crippen molar-refractivity contribution in [2.24, 2.45) is 0 Å². The minimum atomic E-state index is -0.888. The standard InChI is InChI=1S/C50H40FN7O/c1-2-46-52-44-29-30-56(33-34-15-14-22-40(51)31-34)49(59)47(44)57(46)45-28-26-36-32-35(25-27-42(36)45)41-23-12-13-24-43(41)48-53-54-55-58(48)50(37-16-6-3-7-17-37,38-18-8-4-9-19-38)39-20-10-5-11-21-39/h3-25,27,29-32,45H,2,26,28,33H2,1H3/t45-/m0/s1. The zero-order valence-corrected chi connectivity index (χ0v) is 32.5. The van der Waals surface area contributed by atoms with Crippen LogP contribution in [0.2, 0.25) is 0 Å². The van der Waals surface area contributed by atoms with Crippen LogP contribution < -0.4 is 5.56 Å². The number of nitrogens with zero attached hydrogens (tertiary/aromatic N) is 7. The summed E-state index contributed by atoms with van der Waals surface area (Å²) in [7, 11) is 0. The van der Waals surface area contributed by atoms with Gasteiger partial charge in [-0.25, -0.2) is 14.1 Å². The number of hydrogen-bond donors (Lipinski definition) is 0. The van der Waals surface area contributed by atoms with Gasteiger partial charge in [-0.15, -0.1) is 5.10 Å². The predicted molar refractivity (Wildman–Crippen MR) is 229 cm³/mol. The molecule has 8 nitrogen and oxygen atoms in total. The first-order chi connectivity index (χ1) is 29.0. The topological polar surface area (TPSA) is 83.4 Å². The zero-order valence-electron chi connectivity index (χ0n) is 32.5. The Labute approximate surface area is 340 Å². The third-order valence-electron chi connectivity index (χ3n) is 11.8. The maximum absolute atomic E-state index is 14.2. The summed E-state index contributed by atoms with van der Waals surface area (Å²) in [5.41, 5.74) is 9.46. The van der Waals surface area contributed by atoms with E-state index in [1.54, 1.807) is 16.8 Å². The summed E-state index contributed by atoms with van der Waals surface area (Å²) in [5, 5.41) is 13.9. The van der Waals surface area contributed by atoms with Gasteiger partial charge in [-0.2, -0.15) is 0 Å². The van der Waals surface area contributed by atoms with Gasteiger partial charge in [-0.05, 0) is 86.0 Å². The fourth-order valence-electron chi connectivity index (χ4n) is 9.18. The Morgan fingerprint density at radius 2 is 1.39 bits per heavy atom. The molecule has 1 atom stereocenters. The summed E-state index contributed by atoms with van der Waals surface area (Å²) in [6.45, 7) is 2.35. The van der Waals surface area contributed by atoms with Gasteiger partial charge in [0.05, 0.1) is 18.1 Å². The van der Waals surface area contributed by atoms with Crippen molar-refractivity contribution in [2.45, 2.75) is 44.3 Å². The monoisotopic (exact) mass is 773 g/mol. The molecule has 0 fully saturated rings. The van der Waals surface area contributed by atoms with Crippen LogP contribution in [-0.2, 0) is 24.9 Å². The van der Waals surface area contributed by atoms with Crippen molar-refractivity contribution in [2.75, 3.05) is 0 Å². The second kappa shape index (κ2) is 14.9.